The molecule has 0 bridgehead atoms. The third kappa shape index (κ3) is 4.71. The molecule has 2 aromatic carbocycles. The van der Waals surface area contributed by atoms with Crippen LogP contribution in [0.15, 0.2) is 72.1 Å². The molecule has 1 amide bonds. The lowest BCUT2D eigenvalue weighted by Gasteiger charge is -2.33. The molecule has 1 aliphatic heterocycles. The van der Waals surface area contributed by atoms with Gasteiger partial charge in [0, 0.05) is 44.1 Å². The Kier molecular flexibility index (Phi) is 6.06. The molecular formula is C22H24N6O3S. The minimum absolute atomic E-state index is 0.0128. The average Bonchev–Trinajstić information content (AvgIpc) is 3.29. The van der Waals surface area contributed by atoms with E-state index >= 15 is 0 Å². The summed E-state index contributed by atoms with van der Waals surface area (Å²) in [5.74, 6) is -0.256. The number of carbonyl (C=O) groups is 1. The van der Waals surface area contributed by atoms with Crippen LogP contribution in [0.2, 0.25) is 0 Å². The standard InChI is InChI=1S/C22H24N6O3S/c23-22(24)19-5-1-18(2-6-19)14-27-11-12-28(15-21(27)29)32(30,31)20-7-3-17(4-8-20)13-26-10-9-25-16-26/h1-10,16H,11-15H2,(H3,23,24). The monoisotopic (exact) mass is 452 g/mol. The number of sulfonamides is 1. The van der Waals surface area contributed by atoms with Crippen molar-refractivity contribution in [2.24, 2.45) is 5.73 Å². The first-order chi connectivity index (χ1) is 15.3. The van der Waals surface area contributed by atoms with Gasteiger partial charge in [-0.1, -0.05) is 36.4 Å². The Labute approximate surface area is 186 Å². The zero-order chi connectivity index (χ0) is 22.7. The fourth-order valence-corrected chi connectivity index (χ4v) is 4.96. The second kappa shape index (κ2) is 8.93. The van der Waals surface area contributed by atoms with Gasteiger partial charge < -0.3 is 15.2 Å². The lowest BCUT2D eigenvalue weighted by Crippen LogP contribution is -2.51. The molecule has 0 atom stereocenters. The summed E-state index contributed by atoms with van der Waals surface area (Å²) in [6.45, 7) is 1.34. The number of piperazine rings is 1. The smallest absolute Gasteiger partial charge is 0.243 e. The highest BCUT2D eigenvalue weighted by atomic mass is 32.2. The van der Waals surface area contributed by atoms with Gasteiger partial charge in [-0.3, -0.25) is 10.2 Å². The van der Waals surface area contributed by atoms with E-state index in [1.54, 1.807) is 53.8 Å². The molecule has 1 aromatic heterocycles. The molecule has 0 radical (unpaired) electrons. The van der Waals surface area contributed by atoms with Gasteiger partial charge in [-0.25, -0.2) is 13.4 Å². The highest BCUT2D eigenvalue weighted by Crippen LogP contribution is 2.20. The van der Waals surface area contributed by atoms with E-state index in [2.05, 4.69) is 4.98 Å². The minimum Gasteiger partial charge on any atom is -0.384 e. The summed E-state index contributed by atoms with van der Waals surface area (Å²) in [5, 5.41) is 7.45. The van der Waals surface area contributed by atoms with E-state index in [9.17, 15) is 13.2 Å². The molecule has 1 saturated heterocycles. The molecule has 9 nitrogen and oxygen atoms in total. The number of carbonyl (C=O) groups excluding carboxylic acids is 1. The van der Waals surface area contributed by atoms with Gasteiger partial charge in [0.05, 0.1) is 17.8 Å². The van der Waals surface area contributed by atoms with E-state index in [0.29, 0.717) is 25.2 Å². The van der Waals surface area contributed by atoms with Gasteiger partial charge in [-0.15, -0.1) is 0 Å². The van der Waals surface area contributed by atoms with Crippen LogP contribution in [0, 0.1) is 5.41 Å². The Morgan fingerprint density at radius 1 is 1.00 bits per heavy atom. The number of amidine groups is 1. The van der Waals surface area contributed by atoms with Crippen LogP contribution < -0.4 is 5.73 Å². The van der Waals surface area contributed by atoms with Crippen LogP contribution in [-0.2, 0) is 27.9 Å². The first-order valence-electron chi connectivity index (χ1n) is 10.1. The van der Waals surface area contributed by atoms with Crippen molar-refractivity contribution in [3.8, 4) is 0 Å². The summed E-state index contributed by atoms with van der Waals surface area (Å²) < 4.78 is 29.2. The predicted octanol–water partition coefficient (Wildman–Crippen LogP) is 1.25. The molecule has 3 N–H and O–H groups in total. The molecule has 166 valence electrons. The molecular weight excluding hydrogens is 428 g/mol. The Balaban J connectivity index is 1.39. The lowest BCUT2D eigenvalue weighted by atomic mass is 10.1. The van der Waals surface area contributed by atoms with Gasteiger partial charge in [0.1, 0.15) is 5.84 Å². The second-order valence-electron chi connectivity index (χ2n) is 7.64. The van der Waals surface area contributed by atoms with Crippen molar-refractivity contribution >= 4 is 21.8 Å². The zero-order valence-electron chi connectivity index (χ0n) is 17.4. The quantitative estimate of drug-likeness (QED) is 0.412. The number of hydrogen-bond donors (Lipinski definition) is 2. The molecule has 0 unspecified atom stereocenters. The van der Waals surface area contributed by atoms with Gasteiger partial charge in [0.2, 0.25) is 15.9 Å². The lowest BCUT2D eigenvalue weighted by molar-refractivity contribution is -0.134. The SMILES string of the molecule is N=C(N)c1ccc(CN2CCN(S(=O)(=O)c3ccc(Cn4ccnc4)cc3)CC2=O)cc1. The van der Waals surface area contributed by atoms with Crippen LogP contribution in [0.5, 0.6) is 0 Å². The number of hydrogen-bond acceptors (Lipinski definition) is 5. The Morgan fingerprint density at radius 3 is 2.25 bits per heavy atom. The zero-order valence-corrected chi connectivity index (χ0v) is 18.2. The van der Waals surface area contributed by atoms with Gasteiger partial charge in [-0.05, 0) is 23.3 Å². The van der Waals surface area contributed by atoms with E-state index in [0.717, 1.165) is 11.1 Å². The number of nitrogens with zero attached hydrogens (tertiary/aromatic N) is 4. The first kappa shape index (κ1) is 21.7. The summed E-state index contributed by atoms with van der Waals surface area (Å²) in [6, 6.07) is 13.8. The summed E-state index contributed by atoms with van der Waals surface area (Å²) in [7, 11) is -3.76. The number of nitrogens with two attached hydrogens (primary N) is 1. The summed E-state index contributed by atoms with van der Waals surface area (Å²) >= 11 is 0. The highest BCUT2D eigenvalue weighted by Gasteiger charge is 2.32. The predicted molar refractivity (Wildman–Crippen MR) is 119 cm³/mol. The van der Waals surface area contributed by atoms with Crippen molar-refractivity contribution in [2.75, 3.05) is 19.6 Å². The normalized spacial score (nSPS) is 15.1. The summed E-state index contributed by atoms with van der Waals surface area (Å²) in [5.41, 5.74) is 7.94. The van der Waals surface area contributed by atoms with E-state index in [1.807, 2.05) is 22.9 Å². The first-order valence-corrected chi connectivity index (χ1v) is 11.5. The maximum absolute atomic E-state index is 13.0. The fraction of sp³-hybridized carbons (Fsp3) is 0.227. The number of nitrogen functional groups attached to an aromatic ring is 1. The maximum atomic E-state index is 13.0. The molecule has 3 aromatic rings. The fourth-order valence-electron chi connectivity index (χ4n) is 3.58. The number of amides is 1. The minimum atomic E-state index is -3.76. The van der Waals surface area contributed by atoms with Crippen LogP contribution >= 0.6 is 0 Å². The van der Waals surface area contributed by atoms with Crippen LogP contribution in [0.25, 0.3) is 0 Å². The second-order valence-corrected chi connectivity index (χ2v) is 9.58. The number of benzene rings is 2. The van der Waals surface area contributed by atoms with Crippen LogP contribution in [-0.4, -0.2) is 58.6 Å². The van der Waals surface area contributed by atoms with Crippen molar-refractivity contribution in [2.45, 2.75) is 18.0 Å². The maximum Gasteiger partial charge on any atom is 0.243 e. The molecule has 10 heteroatoms. The highest BCUT2D eigenvalue weighted by molar-refractivity contribution is 7.89. The van der Waals surface area contributed by atoms with E-state index in [4.69, 9.17) is 11.1 Å². The van der Waals surface area contributed by atoms with Crippen molar-refractivity contribution in [1.29, 1.82) is 5.41 Å². The number of imidazole rings is 1. The molecule has 32 heavy (non-hydrogen) atoms. The Hall–Kier alpha value is -3.50. The molecule has 4 rings (SSSR count). The van der Waals surface area contributed by atoms with Crippen molar-refractivity contribution in [3.05, 3.63) is 83.9 Å². The molecule has 1 fully saturated rings. The summed E-state index contributed by atoms with van der Waals surface area (Å²) in [6.07, 6.45) is 5.23. The van der Waals surface area contributed by atoms with Crippen molar-refractivity contribution in [1.82, 2.24) is 18.8 Å². The molecule has 2 heterocycles. The van der Waals surface area contributed by atoms with Crippen LogP contribution in [0.4, 0.5) is 0 Å². The molecule has 0 aliphatic carbocycles. The van der Waals surface area contributed by atoms with Gasteiger partial charge in [0.15, 0.2) is 0 Å². The Bertz CT molecular complexity index is 1210. The largest absolute Gasteiger partial charge is 0.384 e. The third-order valence-electron chi connectivity index (χ3n) is 5.41. The number of rotatable bonds is 7. The number of aromatic nitrogens is 2. The number of nitrogens with one attached hydrogen (secondary N) is 1. The van der Waals surface area contributed by atoms with Gasteiger partial charge >= 0.3 is 0 Å². The molecule has 0 saturated carbocycles. The van der Waals surface area contributed by atoms with Crippen molar-refractivity contribution < 1.29 is 13.2 Å². The van der Waals surface area contributed by atoms with E-state index in [1.165, 1.54) is 4.31 Å². The average molecular weight is 453 g/mol. The van der Waals surface area contributed by atoms with Gasteiger partial charge in [-0.2, -0.15) is 4.31 Å². The van der Waals surface area contributed by atoms with Crippen LogP contribution in [0.1, 0.15) is 16.7 Å². The molecule has 1 aliphatic rings. The van der Waals surface area contributed by atoms with E-state index < -0.39 is 10.0 Å². The van der Waals surface area contributed by atoms with Crippen LogP contribution in [0.3, 0.4) is 0 Å². The topological polar surface area (TPSA) is 125 Å². The van der Waals surface area contributed by atoms with Crippen molar-refractivity contribution in [3.63, 3.8) is 0 Å². The third-order valence-corrected chi connectivity index (χ3v) is 7.27. The molecule has 0 spiro atoms. The van der Waals surface area contributed by atoms with E-state index in [-0.39, 0.29) is 29.7 Å². The Morgan fingerprint density at radius 2 is 1.66 bits per heavy atom. The van der Waals surface area contributed by atoms with Gasteiger partial charge in [0.25, 0.3) is 0 Å². The summed E-state index contributed by atoms with van der Waals surface area (Å²) in [4.78, 5) is 18.5.